The van der Waals surface area contributed by atoms with Crippen LogP contribution in [0.4, 0.5) is 0 Å². The zero-order valence-electron chi connectivity index (χ0n) is 18.5. The van der Waals surface area contributed by atoms with Gasteiger partial charge in [-0.1, -0.05) is 19.3 Å². The summed E-state index contributed by atoms with van der Waals surface area (Å²) >= 11 is 0. The van der Waals surface area contributed by atoms with Gasteiger partial charge in [0.25, 0.3) is 0 Å². The van der Waals surface area contributed by atoms with Crippen molar-refractivity contribution in [1.82, 2.24) is 15.5 Å². The number of rotatable bonds is 8. The first-order chi connectivity index (χ1) is 13.9. The van der Waals surface area contributed by atoms with Gasteiger partial charge in [0.05, 0.1) is 20.3 Å². The molecule has 2 rings (SSSR count). The maximum absolute atomic E-state index is 12.0. The summed E-state index contributed by atoms with van der Waals surface area (Å²) in [5.74, 6) is 2.81. The molecule has 1 atom stereocenters. The third kappa shape index (κ3) is 7.15. The van der Waals surface area contributed by atoms with Crippen molar-refractivity contribution < 1.29 is 14.3 Å². The van der Waals surface area contributed by atoms with Gasteiger partial charge in [-0.2, -0.15) is 0 Å². The number of aliphatic imine (C=N–C) groups is 1. The van der Waals surface area contributed by atoms with Crippen LogP contribution in [0.2, 0.25) is 0 Å². The van der Waals surface area contributed by atoms with E-state index in [1.54, 1.807) is 33.2 Å². The summed E-state index contributed by atoms with van der Waals surface area (Å²) in [6, 6.07) is 5.65. The van der Waals surface area contributed by atoms with Crippen LogP contribution in [0.1, 0.15) is 50.6 Å². The molecular formula is C22H36N4O3. The number of carbonyl (C=O) groups is 1. The van der Waals surface area contributed by atoms with Crippen molar-refractivity contribution in [2.45, 2.75) is 45.1 Å². The van der Waals surface area contributed by atoms with E-state index < -0.39 is 0 Å². The van der Waals surface area contributed by atoms with E-state index in [0.29, 0.717) is 11.9 Å². The fourth-order valence-corrected chi connectivity index (χ4v) is 3.53. The fraction of sp³-hybridized carbons (Fsp3) is 0.636. The highest BCUT2D eigenvalue weighted by atomic mass is 16.5. The summed E-state index contributed by atoms with van der Waals surface area (Å²) in [6.07, 6.45) is 6.41. The van der Waals surface area contributed by atoms with Crippen LogP contribution in [0.25, 0.3) is 0 Å². The molecule has 1 fully saturated rings. The number of guanidine groups is 1. The van der Waals surface area contributed by atoms with Crippen molar-refractivity contribution >= 4 is 11.9 Å². The second kappa shape index (κ2) is 11.5. The van der Waals surface area contributed by atoms with E-state index in [2.05, 4.69) is 15.6 Å². The highest BCUT2D eigenvalue weighted by Crippen LogP contribution is 2.29. The van der Waals surface area contributed by atoms with Crippen LogP contribution in [0, 0.1) is 5.92 Å². The van der Waals surface area contributed by atoms with E-state index in [0.717, 1.165) is 23.6 Å². The molecule has 1 aromatic carbocycles. The first-order valence-corrected chi connectivity index (χ1v) is 10.4. The molecule has 1 saturated carbocycles. The standard InChI is InChI=1S/C22H36N4O3/c1-16(19-13-18(28-4)11-12-20(19)29-5)25-22(24-15-21(27)26(2)3)23-14-17-9-7-6-8-10-17/h11-13,16-17H,6-10,14-15H2,1-5H3,(H2,23,24,25). The first-order valence-electron chi connectivity index (χ1n) is 10.4. The number of nitrogens with one attached hydrogen (secondary N) is 2. The Labute approximate surface area is 174 Å². The summed E-state index contributed by atoms with van der Waals surface area (Å²) in [6.45, 7) is 3.02. The molecule has 0 saturated heterocycles. The molecule has 162 valence electrons. The highest BCUT2D eigenvalue weighted by Gasteiger charge is 2.17. The van der Waals surface area contributed by atoms with Gasteiger partial charge in [0.1, 0.15) is 18.0 Å². The van der Waals surface area contributed by atoms with Gasteiger partial charge in [0.15, 0.2) is 5.96 Å². The number of ether oxygens (including phenoxy) is 2. The minimum Gasteiger partial charge on any atom is -0.497 e. The SMILES string of the molecule is COc1ccc(OC)c(C(C)NC(=NCC(=O)N(C)C)NCC2CCCCC2)c1. The maximum Gasteiger partial charge on any atom is 0.243 e. The maximum atomic E-state index is 12.0. The molecule has 0 radical (unpaired) electrons. The van der Waals surface area contributed by atoms with Crippen LogP contribution < -0.4 is 20.1 Å². The van der Waals surface area contributed by atoms with Gasteiger partial charge in [-0.3, -0.25) is 4.79 Å². The van der Waals surface area contributed by atoms with Crippen LogP contribution in [0.3, 0.4) is 0 Å². The molecule has 7 heteroatoms. The average Bonchev–Trinajstić information content (AvgIpc) is 2.75. The molecule has 1 amide bonds. The Hall–Kier alpha value is -2.44. The van der Waals surface area contributed by atoms with Crippen LogP contribution in [-0.2, 0) is 4.79 Å². The molecule has 29 heavy (non-hydrogen) atoms. The Morgan fingerprint density at radius 3 is 2.55 bits per heavy atom. The van der Waals surface area contributed by atoms with Crippen LogP contribution >= 0.6 is 0 Å². The van der Waals surface area contributed by atoms with Gasteiger partial charge in [-0.05, 0) is 43.9 Å². The summed E-state index contributed by atoms with van der Waals surface area (Å²) in [5, 5.41) is 6.87. The van der Waals surface area contributed by atoms with Crippen LogP contribution in [0.5, 0.6) is 11.5 Å². The van der Waals surface area contributed by atoms with E-state index in [-0.39, 0.29) is 18.5 Å². The van der Waals surface area contributed by atoms with E-state index >= 15 is 0 Å². The molecule has 0 bridgehead atoms. The molecule has 1 aromatic rings. The van der Waals surface area contributed by atoms with Crippen LogP contribution in [0.15, 0.2) is 23.2 Å². The molecule has 0 aromatic heterocycles. The normalized spacial score (nSPS) is 16.1. The Morgan fingerprint density at radius 2 is 1.93 bits per heavy atom. The third-order valence-electron chi connectivity index (χ3n) is 5.41. The lowest BCUT2D eigenvalue weighted by Crippen LogP contribution is -2.42. The Balaban J connectivity index is 2.12. The molecule has 0 aliphatic heterocycles. The number of benzene rings is 1. The molecule has 1 aliphatic carbocycles. The van der Waals surface area contributed by atoms with Crippen molar-refractivity contribution in [3.05, 3.63) is 23.8 Å². The van der Waals surface area contributed by atoms with E-state index in [1.807, 2.05) is 25.1 Å². The van der Waals surface area contributed by atoms with Gasteiger partial charge in [0, 0.05) is 26.2 Å². The molecule has 2 N–H and O–H groups in total. The molecule has 0 heterocycles. The summed E-state index contributed by atoms with van der Waals surface area (Å²) in [5.41, 5.74) is 0.970. The van der Waals surface area contributed by atoms with E-state index in [4.69, 9.17) is 9.47 Å². The number of hydrogen-bond acceptors (Lipinski definition) is 4. The lowest BCUT2D eigenvalue weighted by Gasteiger charge is -2.25. The number of likely N-dealkylation sites (N-methyl/N-ethyl adjacent to an activating group) is 1. The van der Waals surface area contributed by atoms with Crippen molar-refractivity contribution in [3.8, 4) is 11.5 Å². The smallest absolute Gasteiger partial charge is 0.243 e. The van der Waals surface area contributed by atoms with Crippen molar-refractivity contribution in [2.24, 2.45) is 10.9 Å². The Kier molecular flexibility index (Phi) is 9.09. The van der Waals surface area contributed by atoms with E-state index in [9.17, 15) is 4.79 Å². The number of methoxy groups -OCH3 is 2. The van der Waals surface area contributed by atoms with Gasteiger partial charge < -0.3 is 25.0 Å². The minimum atomic E-state index is -0.0767. The van der Waals surface area contributed by atoms with Crippen molar-refractivity contribution in [2.75, 3.05) is 41.4 Å². The predicted molar refractivity (Wildman–Crippen MR) is 117 cm³/mol. The number of nitrogens with zero attached hydrogens (tertiary/aromatic N) is 2. The lowest BCUT2D eigenvalue weighted by atomic mass is 9.89. The van der Waals surface area contributed by atoms with Gasteiger partial charge in [-0.15, -0.1) is 0 Å². The topological polar surface area (TPSA) is 75.2 Å². The first kappa shape index (κ1) is 22.8. The molecule has 1 unspecified atom stereocenters. The Morgan fingerprint density at radius 1 is 1.21 bits per heavy atom. The number of hydrogen-bond donors (Lipinski definition) is 2. The zero-order valence-corrected chi connectivity index (χ0v) is 18.5. The summed E-state index contributed by atoms with van der Waals surface area (Å²) in [4.78, 5) is 18.1. The summed E-state index contributed by atoms with van der Waals surface area (Å²) in [7, 11) is 6.79. The second-order valence-corrected chi connectivity index (χ2v) is 7.81. The monoisotopic (exact) mass is 404 g/mol. The number of carbonyl (C=O) groups excluding carboxylic acids is 1. The number of amides is 1. The second-order valence-electron chi connectivity index (χ2n) is 7.81. The van der Waals surface area contributed by atoms with Crippen molar-refractivity contribution in [1.29, 1.82) is 0 Å². The zero-order chi connectivity index (χ0) is 21.2. The molecule has 0 spiro atoms. The third-order valence-corrected chi connectivity index (χ3v) is 5.41. The largest absolute Gasteiger partial charge is 0.497 e. The highest BCUT2D eigenvalue weighted by molar-refractivity contribution is 5.85. The van der Waals surface area contributed by atoms with Crippen LogP contribution in [-0.4, -0.2) is 58.2 Å². The molecular weight excluding hydrogens is 368 g/mol. The van der Waals surface area contributed by atoms with E-state index in [1.165, 1.54) is 32.1 Å². The fourth-order valence-electron chi connectivity index (χ4n) is 3.53. The van der Waals surface area contributed by atoms with Gasteiger partial charge in [0.2, 0.25) is 5.91 Å². The lowest BCUT2D eigenvalue weighted by molar-refractivity contribution is -0.127. The van der Waals surface area contributed by atoms with Gasteiger partial charge >= 0.3 is 0 Å². The molecule has 1 aliphatic rings. The minimum absolute atomic E-state index is 0.0321. The van der Waals surface area contributed by atoms with Crippen molar-refractivity contribution in [3.63, 3.8) is 0 Å². The quantitative estimate of drug-likeness (QED) is 0.515. The van der Waals surface area contributed by atoms with Gasteiger partial charge in [-0.25, -0.2) is 4.99 Å². The molecule has 7 nitrogen and oxygen atoms in total. The predicted octanol–water partition coefficient (Wildman–Crippen LogP) is 2.97. The Bertz CT molecular complexity index is 685. The average molecular weight is 405 g/mol. The summed E-state index contributed by atoms with van der Waals surface area (Å²) < 4.78 is 10.9.